The fourth-order valence-corrected chi connectivity index (χ4v) is 3.33. The average Bonchev–Trinajstić information content (AvgIpc) is 2.39. The minimum atomic E-state index is -3.36. The molecule has 0 aromatic heterocycles. The van der Waals surface area contributed by atoms with E-state index in [4.69, 9.17) is 0 Å². The first-order valence-corrected chi connectivity index (χ1v) is 8.42. The Hall–Kier alpha value is -0.910. The Bertz CT molecular complexity index is 566. The van der Waals surface area contributed by atoms with Gasteiger partial charge in [0.15, 0.2) is 15.6 Å². The summed E-state index contributed by atoms with van der Waals surface area (Å²) in [4.78, 5) is 14.5. The molecule has 2 rings (SSSR count). The van der Waals surface area contributed by atoms with E-state index in [0.29, 0.717) is 12.1 Å². The van der Waals surface area contributed by atoms with Gasteiger partial charge in [-0.25, -0.2) is 8.42 Å². The number of piperidine rings is 1. The van der Waals surface area contributed by atoms with E-state index in [-0.39, 0.29) is 23.1 Å². The Morgan fingerprint density at radius 3 is 2.35 bits per heavy atom. The van der Waals surface area contributed by atoms with Crippen molar-refractivity contribution in [2.75, 3.05) is 25.9 Å². The molecule has 4 nitrogen and oxygen atoms in total. The van der Waals surface area contributed by atoms with E-state index < -0.39 is 9.84 Å². The molecule has 0 atom stereocenters. The van der Waals surface area contributed by atoms with Crippen LogP contribution in [0.5, 0.6) is 0 Å². The van der Waals surface area contributed by atoms with Crippen molar-refractivity contribution in [2.24, 2.45) is 0 Å². The Morgan fingerprint density at radius 1 is 1.15 bits per heavy atom. The van der Waals surface area contributed by atoms with Crippen LogP contribution in [0.1, 0.15) is 29.6 Å². The maximum Gasteiger partial charge on any atom is 0.178 e. The zero-order chi connectivity index (χ0) is 13.9. The van der Waals surface area contributed by atoms with E-state index in [1.54, 1.807) is 18.2 Å². The molecular weight excluding hydrogens is 298 g/mol. The van der Waals surface area contributed by atoms with Crippen LogP contribution in [-0.4, -0.2) is 45.0 Å². The standard InChI is InChI=1S/C14H19NO3S.ClH/c1-19(17,18)14-8-4-3-7-12(14)13(16)11-15-9-5-2-6-10-15;/h3-4,7-8H,2,5-6,9-11H2,1H3;1H. The largest absolute Gasteiger partial charge is 0.296 e. The molecule has 0 unspecified atom stereocenters. The van der Waals surface area contributed by atoms with Gasteiger partial charge in [0.05, 0.1) is 11.4 Å². The molecule has 1 saturated heterocycles. The molecule has 0 amide bonds. The van der Waals surface area contributed by atoms with E-state index in [1.807, 2.05) is 0 Å². The summed E-state index contributed by atoms with van der Waals surface area (Å²) in [5.74, 6) is -0.108. The molecule has 1 aromatic rings. The molecule has 0 saturated carbocycles. The SMILES string of the molecule is CS(=O)(=O)c1ccccc1C(=O)CN1CCCCC1.Cl. The number of ketones is 1. The van der Waals surface area contributed by atoms with Crippen LogP contribution in [-0.2, 0) is 9.84 Å². The lowest BCUT2D eigenvalue weighted by Gasteiger charge is -2.25. The number of halogens is 1. The lowest BCUT2D eigenvalue weighted by molar-refractivity contribution is 0.0912. The summed E-state index contributed by atoms with van der Waals surface area (Å²) >= 11 is 0. The van der Waals surface area contributed by atoms with Crippen LogP contribution in [0.3, 0.4) is 0 Å². The zero-order valence-electron chi connectivity index (χ0n) is 11.5. The number of likely N-dealkylation sites (tertiary alicyclic amines) is 1. The molecular formula is C14H20ClNO3S. The Balaban J connectivity index is 0.00000200. The van der Waals surface area contributed by atoms with Gasteiger partial charge in [0, 0.05) is 11.8 Å². The van der Waals surface area contributed by atoms with E-state index in [0.717, 1.165) is 32.2 Å². The van der Waals surface area contributed by atoms with Crippen molar-refractivity contribution >= 4 is 28.0 Å². The average molecular weight is 318 g/mol. The fourth-order valence-electron chi connectivity index (χ4n) is 2.43. The number of Topliss-reactive ketones (excluding diaryl/α,β-unsaturated/α-hetero) is 1. The number of benzene rings is 1. The minimum absolute atomic E-state index is 0. The molecule has 112 valence electrons. The van der Waals surface area contributed by atoms with Gasteiger partial charge in [-0.1, -0.05) is 24.6 Å². The first kappa shape index (κ1) is 17.1. The number of hydrogen-bond acceptors (Lipinski definition) is 4. The highest BCUT2D eigenvalue weighted by Crippen LogP contribution is 2.17. The molecule has 0 radical (unpaired) electrons. The molecule has 6 heteroatoms. The summed E-state index contributed by atoms with van der Waals surface area (Å²) in [6.45, 7) is 2.16. The number of hydrogen-bond donors (Lipinski definition) is 0. The highest BCUT2D eigenvalue weighted by atomic mass is 35.5. The second-order valence-corrected chi connectivity index (χ2v) is 7.01. The van der Waals surface area contributed by atoms with Gasteiger partial charge < -0.3 is 0 Å². The second kappa shape index (κ2) is 7.20. The first-order valence-electron chi connectivity index (χ1n) is 6.53. The van der Waals surface area contributed by atoms with E-state index in [2.05, 4.69) is 4.90 Å². The van der Waals surface area contributed by atoms with Gasteiger partial charge in [0.2, 0.25) is 0 Å². The van der Waals surface area contributed by atoms with Crippen molar-refractivity contribution in [1.29, 1.82) is 0 Å². The maximum absolute atomic E-state index is 12.3. The third-order valence-corrected chi connectivity index (χ3v) is 4.56. The number of nitrogens with zero attached hydrogens (tertiary/aromatic N) is 1. The van der Waals surface area contributed by atoms with E-state index >= 15 is 0 Å². The second-order valence-electron chi connectivity index (χ2n) is 5.03. The third kappa shape index (κ3) is 4.30. The number of carbonyl (C=O) groups excluding carboxylic acids is 1. The van der Waals surface area contributed by atoms with Gasteiger partial charge in [0.25, 0.3) is 0 Å². The number of carbonyl (C=O) groups is 1. The van der Waals surface area contributed by atoms with Gasteiger partial charge >= 0.3 is 0 Å². The normalized spacial score (nSPS) is 16.4. The summed E-state index contributed by atoms with van der Waals surface area (Å²) < 4.78 is 23.4. The molecule has 0 aliphatic carbocycles. The summed E-state index contributed by atoms with van der Waals surface area (Å²) in [7, 11) is -3.36. The smallest absolute Gasteiger partial charge is 0.178 e. The Labute approximate surface area is 126 Å². The quantitative estimate of drug-likeness (QED) is 0.799. The van der Waals surface area contributed by atoms with Crippen LogP contribution < -0.4 is 0 Å². The minimum Gasteiger partial charge on any atom is -0.296 e. The van der Waals surface area contributed by atoms with Crippen molar-refractivity contribution < 1.29 is 13.2 Å². The molecule has 0 bridgehead atoms. The van der Waals surface area contributed by atoms with Crippen LogP contribution in [0.2, 0.25) is 0 Å². The van der Waals surface area contributed by atoms with Gasteiger partial charge in [-0.05, 0) is 32.0 Å². The van der Waals surface area contributed by atoms with Crippen LogP contribution in [0, 0.1) is 0 Å². The van der Waals surface area contributed by atoms with Crippen LogP contribution in [0.4, 0.5) is 0 Å². The first-order chi connectivity index (χ1) is 8.98. The van der Waals surface area contributed by atoms with Crippen LogP contribution in [0.25, 0.3) is 0 Å². The van der Waals surface area contributed by atoms with Gasteiger partial charge in [-0.15, -0.1) is 12.4 Å². The third-order valence-electron chi connectivity index (χ3n) is 3.40. The number of rotatable bonds is 4. The van der Waals surface area contributed by atoms with Crippen molar-refractivity contribution in [3.8, 4) is 0 Å². The lowest BCUT2D eigenvalue weighted by Crippen LogP contribution is -2.34. The molecule has 1 fully saturated rings. The summed E-state index contributed by atoms with van der Waals surface area (Å²) in [6, 6.07) is 6.45. The highest BCUT2D eigenvalue weighted by Gasteiger charge is 2.20. The molecule has 0 spiro atoms. The summed E-state index contributed by atoms with van der Waals surface area (Å²) in [5, 5.41) is 0. The summed E-state index contributed by atoms with van der Waals surface area (Å²) in [5.41, 5.74) is 0.315. The molecule has 0 N–H and O–H groups in total. The fraction of sp³-hybridized carbons (Fsp3) is 0.500. The van der Waals surface area contributed by atoms with Crippen LogP contribution >= 0.6 is 12.4 Å². The summed E-state index contributed by atoms with van der Waals surface area (Å²) in [6.07, 6.45) is 4.58. The molecule has 1 heterocycles. The zero-order valence-corrected chi connectivity index (χ0v) is 13.2. The lowest BCUT2D eigenvalue weighted by atomic mass is 10.1. The van der Waals surface area contributed by atoms with Crippen LogP contribution in [0.15, 0.2) is 29.2 Å². The van der Waals surface area contributed by atoms with E-state index in [9.17, 15) is 13.2 Å². The maximum atomic E-state index is 12.3. The van der Waals surface area contributed by atoms with Crippen molar-refractivity contribution in [1.82, 2.24) is 4.90 Å². The molecule has 1 aliphatic heterocycles. The van der Waals surface area contributed by atoms with Crippen molar-refractivity contribution in [3.05, 3.63) is 29.8 Å². The highest BCUT2D eigenvalue weighted by molar-refractivity contribution is 7.90. The predicted molar refractivity (Wildman–Crippen MR) is 81.4 cm³/mol. The van der Waals surface area contributed by atoms with Crippen molar-refractivity contribution in [3.63, 3.8) is 0 Å². The molecule has 1 aliphatic rings. The predicted octanol–water partition coefficient (Wildman–Crippen LogP) is 2.18. The van der Waals surface area contributed by atoms with Crippen molar-refractivity contribution in [2.45, 2.75) is 24.2 Å². The topological polar surface area (TPSA) is 54.5 Å². The van der Waals surface area contributed by atoms with Gasteiger partial charge in [0.1, 0.15) is 0 Å². The monoisotopic (exact) mass is 317 g/mol. The molecule has 20 heavy (non-hydrogen) atoms. The van der Waals surface area contributed by atoms with Gasteiger partial charge in [-0.2, -0.15) is 0 Å². The van der Waals surface area contributed by atoms with E-state index in [1.165, 1.54) is 12.5 Å². The Kier molecular flexibility index (Phi) is 6.17. The van der Waals surface area contributed by atoms with Gasteiger partial charge in [-0.3, -0.25) is 9.69 Å². The molecule has 1 aromatic carbocycles. The number of sulfone groups is 1. The Morgan fingerprint density at radius 2 is 1.75 bits per heavy atom.